The molecule has 2 atom stereocenters. The van der Waals surface area contributed by atoms with Crippen molar-refractivity contribution in [1.29, 1.82) is 0 Å². The van der Waals surface area contributed by atoms with Crippen LogP contribution in [-0.4, -0.2) is 32.8 Å². The van der Waals surface area contributed by atoms with Gasteiger partial charge in [-0.05, 0) is 30.7 Å². The molecule has 0 spiro atoms. The molecule has 1 aromatic carbocycles. The first-order valence-corrected chi connectivity index (χ1v) is 9.07. The van der Waals surface area contributed by atoms with Gasteiger partial charge in [-0.2, -0.15) is 5.10 Å². The standard InChI is InChI=1S/C20H25N5/c1-14-4-6-17(7-5-14)12-25-20-18(9-23-25)19(21-13-22-20)24-10-15(2)8-16(3)11-24/h4-7,9,13,15-16H,8,10-12H2,1-3H3/t15-,16+. The average molecular weight is 335 g/mol. The number of hydrogen-bond acceptors (Lipinski definition) is 4. The summed E-state index contributed by atoms with van der Waals surface area (Å²) in [5, 5.41) is 5.65. The smallest absolute Gasteiger partial charge is 0.163 e. The van der Waals surface area contributed by atoms with Gasteiger partial charge in [0.15, 0.2) is 5.65 Å². The average Bonchev–Trinajstić information content (AvgIpc) is 2.99. The predicted octanol–water partition coefficient (Wildman–Crippen LogP) is 3.67. The number of benzene rings is 1. The molecule has 130 valence electrons. The molecule has 0 unspecified atom stereocenters. The van der Waals surface area contributed by atoms with Gasteiger partial charge in [0, 0.05) is 13.1 Å². The second-order valence-electron chi connectivity index (χ2n) is 7.57. The minimum atomic E-state index is 0.691. The van der Waals surface area contributed by atoms with E-state index in [2.05, 4.69) is 65.0 Å². The Kier molecular flexibility index (Phi) is 4.15. The molecule has 0 radical (unpaired) electrons. The first-order valence-electron chi connectivity index (χ1n) is 9.07. The number of rotatable bonds is 3. The van der Waals surface area contributed by atoms with Gasteiger partial charge in [-0.3, -0.25) is 0 Å². The van der Waals surface area contributed by atoms with Crippen LogP contribution in [0.4, 0.5) is 5.82 Å². The van der Waals surface area contributed by atoms with Gasteiger partial charge >= 0.3 is 0 Å². The molecule has 1 fully saturated rings. The van der Waals surface area contributed by atoms with Crippen LogP contribution in [0.5, 0.6) is 0 Å². The van der Waals surface area contributed by atoms with Gasteiger partial charge in [0.05, 0.1) is 18.1 Å². The molecule has 5 heteroatoms. The fourth-order valence-electron chi connectivity index (χ4n) is 3.95. The second kappa shape index (κ2) is 6.47. The monoisotopic (exact) mass is 335 g/mol. The summed E-state index contributed by atoms with van der Waals surface area (Å²) in [6.07, 6.45) is 4.88. The molecule has 1 aliphatic rings. The maximum absolute atomic E-state index is 4.59. The van der Waals surface area contributed by atoms with Crippen LogP contribution < -0.4 is 4.90 Å². The van der Waals surface area contributed by atoms with Gasteiger partial charge in [-0.15, -0.1) is 0 Å². The van der Waals surface area contributed by atoms with Crippen molar-refractivity contribution < 1.29 is 0 Å². The highest BCUT2D eigenvalue weighted by Gasteiger charge is 2.25. The third kappa shape index (κ3) is 3.23. The number of nitrogens with zero attached hydrogens (tertiary/aromatic N) is 5. The Labute approximate surface area is 148 Å². The van der Waals surface area contributed by atoms with E-state index in [4.69, 9.17) is 0 Å². The fraction of sp³-hybridized carbons (Fsp3) is 0.450. The van der Waals surface area contributed by atoms with E-state index >= 15 is 0 Å². The molecule has 1 aliphatic heterocycles. The zero-order chi connectivity index (χ0) is 17.4. The molecule has 4 rings (SSSR count). The van der Waals surface area contributed by atoms with E-state index in [-0.39, 0.29) is 0 Å². The van der Waals surface area contributed by atoms with Crippen LogP contribution in [0.25, 0.3) is 11.0 Å². The van der Waals surface area contributed by atoms with Gasteiger partial charge in [-0.25, -0.2) is 14.6 Å². The maximum Gasteiger partial charge on any atom is 0.163 e. The van der Waals surface area contributed by atoms with Crippen LogP contribution in [0.1, 0.15) is 31.4 Å². The van der Waals surface area contributed by atoms with Crippen molar-refractivity contribution in [3.8, 4) is 0 Å². The van der Waals surface area contributed by atoms with E-state index in [0.29, 0.717) is 11.8 Å². The molecule has 3 aromatic rings. The van der Waals surface area contributed by atoms with Crippen LogP contribution in [0.2, 0.25) is 0 Å². The van der Waals surface area contributed by atoms with Gasteiger partial charge < -0.3 is 4.90 Å². The number of hydrogen-bond donors (Lipinski definition) is 0. The summed E-state index contributed by atoms with van der Waals surface area (Å²) in [5.74, 6) is 2.41. The van der Waals surface area contributed by atoms with E-state index in [1.807, 2.05) is 10.9 Å². The second-order valence-corrected chi connectivity index (χ2v) is 7.57. The third-order valence-corrected chi connectivity index (χ3v) is 5.03. The number of anilines is 1. The molecule has 0 saturated carbocycles. The number of aromatic nitrogens is 4. The van der Waals surface area contributed by atoms with Gasteiger partial charge in [0.25, 0.3) is 0 Å². The van der Waals surface area contributed by atoms with E-state index < -0.39 is 0 Å². The number of aryl methyl sites for hydroxylation is 1. The first kappa shape index (κ1) is 16.1. The summed E-state index contributed by atoms with van der Waals surface area (Å²) in [7, 11) is 0. The van der Waals surface area contributed by atoms with Gasteiger partial charge in [-0.1, -0.05) is 43.7 Å². The molecule has 0 aliphatic carbocycles. The Morgan fingerprint density at radius 3 is 2.48 bits per heavy atom. The van der Waals surface area contributed by atoms with E-state index in [1.165, 1.54) is 17.5 Å². The van der Waals surface area contributed by atoms with Crippen molar-refractivity contribution in [1.82, 2.24) is 19.7 Å². The maximum atomic E-state index is 4.59. The topological polar surface area (TPSA) is 46.8 Å². The molecular weight excluding hydrogens is 310 g/mol. The summed E-state index contributed by atoms with van der Waals surface area (Å²) < 4.78 is 1.97. The van der Waals surface area contributed by atoms with Crippen molar-refractivity contribution in [2.45, 2.75) is 33.7 Å². The largest absolute Gasteiger partial charge is 0.355 e. The van der Waals surface area contributed by atoms with Crippen LogP contribution in [-0.2, 0) is 6.54 Å². The normalized spacial score (nSPS) is 21.0. The Balaban J connectivity index is 1.67. The van der Waals surface area contributed by atoms with Gasteiger partial charge in [0.1, 0.15) is 12.1 Å². The molecule has 3 heterocycles. The van der Waals surface area contributed by atoms with E-state index in [1.54, 1.807) is 6.33 Å². The molecule has 5 nitrogen and oxygen atoms in total. The van der Waals surface area contributed by atoms with Crippen molar-refractivity contribution in [2.24, 2.45) is 11.8 Å². The highest BCUT2D eigenvalue weighted by atomic mass is 15.3. The van der Waals surface area contributed by atoms with E-state index in [9.17, 15) is 0 Å². The van der Waals surface area contributed by atoms with Crippen molar-refractivity contribution in [3.63, 3.8) is 0 Å². The SMILES string of the molecule is Cc1ccc(Cn2ncc3c(N4C[C@H](C)C[C@H](C)C4)ncnc32)cc1. The summed E-state index contributed by atoms with van der Waals surface area (Å²) >= 11 is 0. The molecule has 2 aromatic heterocycles. The molecule has 0 amide bonds. The summed E-state index contributed by atoms with van der Waals surface area (Å²) in [4.78, 5) is 11.5. The van der Waals surface area contributed by atoms with Crippen molar-refractivity contribution in [3.05, 3.63) is 47.9 Å². The van der Waals surface area contributed by atoms with Crippen LogP contribution in [0, 0.1) is 18.8 Å². The van der Waals surface area contributed by atoms with Crippen LogP contribution in [0.15, 0.2) is 36.8 Å². The number of fused-ring (bicyclic) bond motifs is 1. The van der Waals surface area contributed by atoms with Crippen molar-refractivity contribution >= 4 is 16.9 Å². The summed E-state index contributed by atoms with van der Waals surface area (Å²) in [6, 6.07) is 8.58. The molecular formula is C20H25N5. The molecule has 25 heavy (non-hydrogen) atoms. The summed E-state index contributed by atoms with van der Waals surface area (Å²) in [5.41, 5.74) is 3.42. The quantitative estimate of drug-likeness (QED) is 0.733. The lowest BCUT2D eigenvalue weighted by atomic mass is 9.92. The Morgan fingerprint density at radius 1 is 1.04 bits per heavy atom. The lowest BCUT2D eigenvalue weighted by molar-refractivity contribution is 0.356. The highest BCUT2D eigenvalue weighted by molar-refractivity contribution is 5.86. The lowest BCUT2D eigenvalue weighted by Crippen LogP contribution is -2.39. The Hall–Kier alpha value is -2.43. The van der Waals surface area contributed by atoms with Gasteiger partial charge in [0.2, 0.25) is 0 Å². The number of piperidine rings is 1. The fourth-order valence-corrected chi connectivity index (χ4v) is 3.95. The third-order valence-electron chi connectivity index (χ3n) is 5.03. The van der Waals surface area contributed by atoms with Crippen molar-refractivity contribution in [2.75, 3.05) is 18.0 Å². The predicted molar refractivity (Wildman–Crippen MR) is 101 cm³/mol. The zero-order valence-electron chi connectivity index (χ0n) is 15.2. The zero-order valence-corrected chi connectivity index (χ0v) is 15.2. The van der Waals surface area contributed by atoms with Crippen LogP contribution >= 0.6 is 0 Å². The van der Waals surface area contributed by atoms with Crippen LogP contribution in [0.3, 0.4) is 0 Å². The first-order chi connectivity index (χ1) is 12.1. The highest BCUT2D eigenvalue weighted by Crippen LogP contribution is 2.29. The summed E-state index contributed by atoms with van der Waals surface area (Å²) in [6.45, 7) is 9.59. The Morgan fingerprint density at radius 2 is 1.76 bits per heavy atom. The minimum absolute atomic E-state index is 0.691. The molecule has 0 bridgehead atoms. The van der Waals surface area contributed by atoms with E-state index in [0.717, 1.165) is 36.5 Å². The molecule has 1 saturated heterocycles. The lowest BCUT2D eigenvalue weighted by Gasteiger charge is -2.35. The Bertz CT molecular complexity index is 857. The minimum Gasteiger partial charge on any atom is -0.355 e. The molecule has 0 N–H and O–H groups in total.